The van der Waals surface area contributed by atoms with Gasteiger partial charge in [-0.25, -0.2) is 0 Å². The van der Waals surface area contributed by atoms with Gasteiger partial charge in [-0.3, -0.25) is 4.98 Å². The fourth-order valence-electron chi connectivity index (χ4n) is 1.97. The second kappa shape index (κ2) is 5.82. The minimum absolute atomic E-state index is 0.0682. The summed E-state index contributed by atoms with van der Waals surface area (Å²) in [4.78, 5) is 4.11. The van der Waals surface area contributed by atoms with E-state index < -0.39 is 0 Å². The number of nitrogens with one attached hydrogen (secondary N) is 1. The number of methoxy groups -OCH3 is 1. The number of hydrogen-bond donors (Lipinski definition) is 2. The summed E-state index contributed by atoms with van der Waals surface area (Å²) in [6.45, 7) is 4.26. The maximum Gasteiger partial charge on any atom is 0.0790 e. The van der Waals surface area contributed by atoms with Gasteiger partial charge in [0.1, 0.15) is 0 Å². The molecule has 4 nitrogen and oxygen atoms in total. The van der Waals surface area contributed by atoms with Crippen LogP contribution in [0.1, 0.15) is 25.5 Å². The maximum absolute atomic E-state index is 5.95. The maximum atomic E-state index is 5.95. The van der Waals surface area contributed by atoms with Gasteiger partial charge in [0.05, 0.1) is 12.1 Å². The summed E-state index contributed by atoms with van der Waals surface area (Å²) in [6.07, 6.45) is 3.57. The van der Waals surface area contributed by atoms with E-state index in [1.165, 1.54) is 0 Å². The zero-order valence-electron chi connectivity index (χ0n) is 10.4. The van der Waals surface area contributed by atoms with Gasteiger partial charge in [-0.05, 0) is 19.0 Å². The molecule has 90 valence electrons. The van der Waals surface area contributed by atoms with Gasteiger partial charge in [-0.1, -0.05) is 13.8 Å². The predicted octanol–water partition coefficient (Wildman–Crippen LogP) is 1.60. The van der Waals surface area contributed by atoms with Crippen molar-refractivity contribution in [2.24, 2.45) is 5.92 Å². The highest BCUT2D eigenvalue weighted by atomic mass is 16.5. The Morgan fingerprint density at radius 1 is 1.44 bits per heavy atom. The molecule has 0 saturated heterocycles. The van der Waals surface area contributed by atoms with Gasteiger partial charge < -0.3 is 15.8 Å². The van der Waals surface area contributed by atoms with E-state index in [1.807, 2.05) is 13.1 Å². The fraction of sp³-hybridized carbons (Fsp3) is 0.583. The summed E-state index contributed by atoms with van der Waals surface area (Å²) in [6, 6.07) is 1.88. The molecule has 0 bridgehead atoms. The first-order valence-electron chi connectivity index (χ1n) is 5.51. The van der Waals surface area contributed by atoms with Gasteiger partial charge in [-0.2, -0.15) is 0 Å². The molecule has 0 spiro atoms. The van der Waals surface area contributed by atoms with E-state index in [0.717, 1.165) is 11.3 Å². The fourth-order valence-corrected chi connectivity index (χ4v) is 1.97. The highest BCUT2D eigenvalue weighted by molar-refractivity contribution is 5.46. The number of anilines is 1. The van der Waals surface area contributed by atoms with E-state index in [2.05, 4.69) is 24.1 Å². The molecule has 1 aromatic rings. The molecular weight excluding hydrogens is 202 g/mol. The van der Waals surface area contributed by atoms with E-state index >= 15 is 0 Å². The van der Waals surface area contributed by atoms with Gasteiger partial charge in [0.15, 0.2) is 0 Å². The molecule has 0 amide bonds. The highest BCUT2D eigenvalue weighted by Gasteiger charge is 2.26. The SMILES string of the molecule is CNC(c1cnccc1N)C(OC)C(C)C. The molecule has 3 N–H and O–H groups in total. The number of nitrogen functional groups attached to an aromatic ring is 1. The van der Waals surface area contributed by atoms with Crippen molar-refractivity contribution >= 4 is 5.69 Å². The molecule has 2 unspecified atom stereocenters. The summed E-state index contributed by atoms with van der Waals surface area (Å²) in [5.74, 6) is 0.405. The summed E-state index contributed by atoms with van der Waals surface area (Å²) in [5.41, 5.74) is 7.69. The van der Waals surface area contributed by atoms with Crippen molar-refractivity contribution < 1.29 is 4.74 Å². The number of nitrogens with two attached hydrogens (primary N) is 1. The molecule has 4 heteroatoms. The minimum atomic E-state index is 0.0682. The Morgan fingerprint density at radius 2 is 2.12 bits per heavy atom. The number of nitrogens with zero attached hydrogens (tertiary/aromatic N) is 1. The van der Waals surface area contributed by atoms with Crippen LogP contribution in [0.2, 0.25) is 0 Å². The van der Waals surface area contributed by atoms with Crippen LogP contribution >= 0.6 is 0 Å². The number of rotatable bonds is 5. The Bertz CT molecular complexity index is 328. The van der Waals surface area contributed by atoms with E-state index in [1.54, 1.807) is 19.5 Å². The summed E-state index contributed by atoms with van der Waals surface area (Å²) in [7, 11) is 3.63. The molecule has 0 aliphatic heterocycles. The molecule has 0 fully saturated rings. The van der Waals surface area contributed by atoms with Crippen LogP contribution < -0.4 is 11.1 Å². The third-order valence-electron chi connectivity index (χ3n) is 2.79. The van der Waals surface area contributed by atoms with Crippen molar-refractivity contribution in [2.45, 2.75) is 26.0 Å². The molecule has 16 heavy (non-hydrogen) atoms. The topological polar surface area (TPSA) is 60.2 Å². The van der Waals surface area contributed by atoms with Crippen LogP contribution in [0, 0.1) is 5.92 Å². The van der Waals surface area contributed by atoms with Gasteiger partial charge >= 0.3 is 0 Å². The molecule has 1 heterocycles. The Kier molecular flexibility index (Phi) is 4.71. The highest BCUT2D eigenvalue weighted by Crippen LogP contribution is 2.27. The quantitative estimate of drug-likeness (QED) is 0.796. The molecule has 0 aliphatic carbocycles. The molecule has 0 aliphatic rings. The lowest BCUT2D eigenvalue weighted by Crippen LogP contribution is -2.35. The monoisotopic (exact) mass is 223 g/mol. The zero-order valence-corrected chi connectivity index (χ0v) is 10.4. The minimum Gasteiger partial charge on any atom is -0.398 e. The third-order valence-corrected chi connectivity index (χ3v) is 2.79. The van der Waals surface area contributed by atoms with Crippen LogP contribution in [0.15, 0.2) is 18.5 Å². The van der Waals surface area contributed by atoms with Crippen molar-refractivity contribution in [1.29, 1.82) is 0 Å². The van der Waals surface area contributed by atoms with Crippen LogP contribution in [0.4, 0.5) is 5.69 Å². The van der Waals surface area contributed by atoms with Crippen LogP contribution in [0.3, 0.4) is 0 Å². The number of pyridine rings is 1. The summed E-state index contributed by atoms with van der Waals surface area (Å²) >= 11 is 0. The number of likely N-dealkylation sites (N-methyl/N-ethyl adjacent to an activating group) is 1. The number of ether oxygens (including phenoxy) is 1. The zero-order chi connectivity index (χ0) is 12.1. The Balaban J connectivity index is 3.02. The average molecular weight is 223 g/mol. The van der Waals surface area contributed by atoms with E-state index in [-0.39, 0.29) is 12.1 Å². The molecular formula is C12H21N3O. The molecule has 0 aromatic carbocycles. The Morgan fingerprint density at radius 3 is 2.56 bits per heavy atom. The smallest absolute Gasteiger partial charge is 0.0790 e. The van der Waals surface area contributed by atoms with Crippen molar-refractivity contribution in [2.75, 3.05) is 19.9 Å². The van der Waals surface area contributed by atoms with Crippen LogP contribution in [-0.2, 0) is 4.74 Å². The van der Waals surface area contributed by atoms with Crippen molar-refractivity contribution in [3.8, 4) is 0 Å². The Labute approximate surface area is 97.2 Å². The van der Waals surface area contributed by atoms with E-state index in [4.69, 9.17) is 10.5 Å². The summed E-state index contributed by atoms with van der Waals surface area (Å²) in [5, 5.41) is 3.25. The van der Waals surface area contributed by atoms with Gasteiger partial charge in [-0.15, -0.1) is 0 Å². The lowest BCUT2D eigenvalue weighted by Gasteiger charge is -2.29. The van der Waals surface area contributed by atoms with Crippen LogP contribution in [0.5, 0.6) is 0 Å². The van der Waals surface area contributed by atoms with Crippen molar-refractivity contribution in [3.63, 3.8) is 0 Å². The molecule has 2 atom stereocenters. The van der Waals surface area contributed by atoms with E-state index in [9.17, 15) is 0 Å². The van der Waals surface area contributed by atoms with E-state index in [0.29, 0.717) is 5.92 Å². The third kappa shape index (κ3) is 2.71. The van der Waals surface area contributed by atoms with Crippen LogP contribution in [0.25, 0.3) is 0 Å². The lowest BCUT2D eigenvalue weighted by molar-refractivity contribution is 0.0349. The molecule has 1 rings (SSSR count). The first kappa shape index (κ1) is 12.9. The molecule has 0 saturated carbocycles. The number of aromatic nitrogens is 1. The first-order valence-corrected chi connectivity index (χ1v) is 5.51. The lowest BCUT2D eigenvalue weighted by atomic mass is 9.93. The standard InChI is InChI=1S/C12H21N3O/c1-8(2)12(16-4)11(14-3)9-7-15-6-5-10(9)13/h5-8,11-12,14H,1-4H3,(H2,13,15). The second-order valence-corrected chi connectivity index (χ2v) is 4.22. The predicted molar refractivity (Wildman–Crippen MR) is 66.1 cm³/mol. The first-order chi connectivity index (χ1) is 7.61. The average Bonchev–Trinajstić information content (AvgIpc) is 2.26. The Hall–Kier alpha value is -1.13. The van der Waals surface area contributed by atoms with Gasteiger partial charge in [0.25, 0.3) is 0 Å². The molecule has 0 radical (unpaired) electrons. The molecule has 1 aromatic heterocycles. The number of hydrogen-bond acceptors (Lipinski definition) is 4. The normalized spacial score (nSPS) is 15.1. The second-order valence-electron chi connectivity index (χ2n) is 4.22. The summed E-state index contributed by atoms with van der Waals surface area (Å²) < 4.78 is 5.53. The van der Waals surface area contributed by atoms with Crippen molar-refractivity contribution in [3.05, 3.63) is 24.0 Å². The van der Waals surface area contributed by atoms with Gasteiger partial charge in [0.2, 0.25) is 0 Å². The van der Waals surface area contributed by atoms with Crippen molar-refractivity contribution in [1.82, 2.24) is 10.3 Å². The largest absolute Gasteiger partial charge is 0.398 e. The van der Waals surface area contributed by atoms with Gasteiger partial charge in [0, 0.05) is 30.8 Å². The van der Waals surface area contributed by atoms with Crippen LogP contribution in [-0.4, -0.2) is 25.2 Å².